The maximum Gasteiger partial charge on any atom is 0.335 e. The Morgan fingerprint density at radius 3 is 2.70 bits per heavy atom. The number of thioether (sulfide) groups is 1. The summed E-state index contributed by atoms with van der Waals surface area (Å²) in [6.45, 7) is 1.77. The Labute approximate surface area is 129 Å². The SMILES string of the molecule is Cc1ccc(SCc2ccc(F)c(Br)c2)cc1C(=O)O. The van der Waals surface area contributed by atoms with Crippen molar-refractivity contribution in [2.75, 3.05) is 0 Å². The minimum absolute atomic E-state index is 0.290. The summed E-state index contributed by atoms with van der Waals surface area (Å²) in [4.78, 5) is 12.0. The van der Waals surface area contributed by atoms with E-state index in [9.17, 15) is 9.18 Å². The number of hydrogen-bond acceptors (Lipinski definition) is 2. The normalized spacial score (nSPS) is 10.6. The molecule has 0 aliphatic heterocycles. The highest BCUT2D eigenvalue weighted by molar-refractivity contribution is 9.10. The summed E-state index contributed by atoms with van der Waals surface area (Å²) in [6, 6.07) is 10.2. The van der Waals surface area contributed by atoms with Crippen LogP contribution in [0.15, 0.2) is 45.8 Å². The minimum Gasteiger partial charge on any atom is -0.478 e. The second-order valence-corrected chi connectivity index (χ2v) is 6.22. The molecule has 2 aromatic rings. The third-order valence-electron chi connectivity index (χ3n) is 2.83. The molecular formula is C15H12BrFO2S. The van der Waals surface area contributed by atoms with Gasteiger partial charge in [0.05, 0.1) is 10.0 Å². The molecule has 20 heavy (non-hydrogen) atoms. The molecular weight excluding hydrogens is 343 g/mol. The lowest BCUT2D eigenvalue weighted by atomic mass is 10.1. The van der Waals surface area contributed by atoms with Gasteiger partial charge in [0.2, 0.25) is 0 Å². The minimum atomic E-state index is -0.922. The summed E-state index contributed by atoms with van der Waals surface area (Å²) in [7, 11) is 0. The number of hydrogen-bond donors (Lipinski definition) is 1. The maximum absolute atomic E-state index is 13.1. The molecule has 2 rings (SSSR count). The molecule has 0 spiro atoms. The Balaban J connectivity index is 2.12. The van der Waals surface area contributed by atoms with Crippen molar-refractivity contribution in [1.82, 2.24) is 0 Å². The first kappa shape index (κ1) is 15.1. The summed E-state index contributed by atoms with van der Waals surface area (Å²) < 4.78 is 13.6. The average Bonchev–Trinajstić information content (AvgIpc) is 2.41. The van der Waals surface area contributed by atoms with Crippen molar-refractivity contribution >= 4 is 33.7 Å². The van der Waals surface area contributed by atoms with Crippen LogP contribution in [0.1, 0.15) is 21.5 Å². The highest BCUT2D eigenvalue weighted by Crippen LogP contribution is 2.27. The van der Waals surface area contributed by atoms with E-state index < -0.39 is 5.97 Å². The molecule has 0 aliphatic rings. The molecule has 0 aliphatic carbocycles. The molecule has 0 atom stereocenters. The van der Waals surface area contributed by atoms with E-state index in [2.05, 4.69) is 15.9 Å². The molecule has 0 heterocycles. The van der Waals surface area contributed by atoms with Gasteiger partial charge in [-0.05, 0) is 58.2 Å². The van der Waals surface area contributed by atoms with E-state index in [4.69, 9.17) is 5.11 Å². The van der Waals surface area contributed by atoms with Gasteiger partial charge in [-0.3, -0.25) is 0 Å². The number of carboxylic acids is 1. The van der Waals surface area contributed by atoms with Crippen molar-refractivity contribution in [3.05, 3.63) is 63.4 Å². The van der Waals surface area contributed by atoms with Crippen LogP contribution in [0.4, 0.5) is 4.39 Å². The molecule has 2 aromatic carbocycles. The number of halogens is 2. The summed E-state index contributed by atoms with van der Waals surface area (Å²) in [6.07, 6.45) is 0. The van der Waals surface area contributed by atoms with E-state index in [1.54, 1.807) is 31.2 Å². The van der Waals surface area contributed by atoms with Gasteiger partial charge in [0, 0.05) is 10.6 Å². The van der Waals surface area contributed by atoms with E-state index in [-0.39, 0.29) is 5.82 Å². The van der Waals surface area contributed by atoms with E-state index >= 15 is 0 Å². The fraction of sp³-hybridized carbons (Fsp3) is 0.133. The lowest BCUT2D eigenvalue weighted by Gasteiger charge is -2.06. The maximum atomic E-state index is 13.1. The molecule has 5 heteroatoms. The molecule has 0 fully saturated rings. The summed E-state index contributed by atoms with van der Waals surface area (Å²) in [5.41, 5.74) is 2.03. The second kappa shape index (κ2) is 6.41. The Morgan fingerprint density at radius 2 is 2.05 bits per heavy atom. The number of aryl methyl sites for hydroxylation is 1. The van der Waals surface area contributed by atoms with Gasteiger partial charge in [-0.2, -0.15) is 0 Å². The lowest BCUT2D eigenvalue weighted by molar-refractivity contribution is 0.0696. The largest absolute Gasteiger partial charge is 0.478 e. The zero-order valence-electron chi connectivity index (χ0n) is 10.7. The molecule has 0 saturated carbocycles. The number of benzene rings is 2. The van der Waals surface area contributed by atoms with Crippen LogP contribution in [-0.2, 0) is 5.75 Å². The number of rotatable bonds is 4. The third-order valence-corrected chi connectivity index (χ3v) is 4.50. The van der Waals surface area contributed by atoms with Crippen LogP contribution in [0.3, 0.4) is 0 Å². The van der Waals surface area contributed by atoms with Crippen LogP contribution in [0.2, 0.25) is 0 Å². The van der Waals surface area contributed by atoms with Gasteiger partial charge >= 0.3 is 5.97 Å². The molecule has 0 radical (unpaired) electrons. The first-order valence-corrected chi connectivity index (χ1v) is 7.66. The average molecular weight is 355 g/mol. The van der Waals surface area contributed by atoms with Gasteiger partial charge in [-0.15, -0.1) is 11.8 Å². The monoisotopic (exact) mass is 354 g/mol. The first-order valence-electron chi connectivity index (χ1n) is 5.88. The quantitative estimate of drug-likeness (QED) is 0.794. The van der Waals surface area contributed by atoms with Crippen LogP contribution in [0.25, 0.3) is 0 Å². The van der Waals surface area contributed by atoms with Crippen molar-refractivity contribution in [2.45, 2.75) is 17.6 Å². The van der Waals surface area contributed by atoms with Crippen molar-refractivity contribution in [3.63, 3.8) is 0 Å². The van der Waals surface area contributed by atoms with Gasteiger partial charge < -0.3 is 5.11 Å². The first-order chi connectivity index (χ1) is 9.47. The summed E-state index contributed by atoms with van der Waals surface area (Å²) in [5.74, 6) is -0.558. The Bertz CT molecular complexity index is 658. The molecule has 2 nitrogen and oxygen atoms in total. The van der Waals surface area contributed by atoms with E-state index in [0.29, 0.717) is 15.8 Å². The van der Waals surface area contributed by atoms with Crippen LogP contribution in [0, 0.1) is 12.7 Å². The van der Waals surface area contributed by atoms with Gasteiger partial charge in [-0.25, -0.2) is 9.18 Å². The Hall–Kier alpha value is -1.33. The molecule has 0 unspecified atom stereocenters. The number of carboxylic acid groups (broad SMARTS) is 1. The van der Waals surface area contributed by atoms with Crippen LogP contribution >= 0.6 is 27.7 Å². The van der Waals surface area contributed by atoms with Gasteiger partial charge in [0.25, 0.3) is 0 Å². The standard InChI is InChI=1S/C15H12BrFO2S/c1-9-2-4-11(7-12(9)15(18)19)20-8-10-3-5-14(17)13(16)6-10/h2-7H,8H2,1H3,(H,18,19). The van der Waals surface area contributed by atoms with E-state index in [1.807, 2.05) is 6.07 Å². The zero-order valence-corrected chi connectivity index (χ0v) is 13.1. The molecule has 1 N–H and O–H groups in total. The fourth-order valence-electron chi connectivity index (χ4n) is 1.72. The van der Waals surface area contributed by atoms with E-state index in [1.165, 1.54) is 17.8 Å². The van der Waals surface area contributed by atoms with Gasteiger partial charge in [-0.1, -0.05) is 12.1 Å². The van der Waals surface area contributed by atoms with Crippen LogP contribution in [0.5, 0.6) is 0 Å². The van der Waals surface area contributed by atoms with Gasteiger partial charge in [0.15, 0.2) is 0 Å². The topological polar surface area (TPSA) is 37.3 Å². The second-order valence-electron chi connectivity index (χ2n) is 4.32. The molecule has 0 bridgehead atoms. The van der Waals surface area contributed by atoms with Crippen molar-refractivity contribution < 1.29 is 14.3 Å². The van der Waals surface area contributed by atoms with Crippen LogP contribution < -0.4 is 0 Å². The third kappa shape index (κ3) is 3.61. The fourth-order valence-corrected chi connectivity index (χ4v) is 3.02. The summed E-state index contributed by atoms with van der Waals surface area (Å²) >= 11 is 4.67. The number of aromatic carboxylic acids is 1. The molecule has 0 amide bonds. The molecule has 0 saturated heterocycles. The molecule has 104 valence electrons. The van der Waals surface area contributed by atoms with Crippen LogP contribution in [-0.4, -0.2) is 11.1 Å². The smallest absolute Gasteiger partial charge is 0.335 e. The Morgan fingerprint density at radius 1 is 1.30 bits per heavy atom. The highest BCUT2D eigenvalue weighted by atomic mass is 79.9. The predicted molar refractivity (Wildman–Crippen MR) is 81.8 cm³/mol. The molecule has 0 aromatic heterocycles. The number of carbonyl (C=O) groups is 1. The van der Waals surface area contributed by atoms with Gasteiger partial charge in [0.1, 0.15) is 5.82 Å². The van der Waals surface area contributed by atoms with Crippen molar-refractivity contribution in [2.24, 2.45) is 0 Å². The predicted octanol–water partition coefficient (Wildman–Crippen LogP) is 4.89. The zero-order chi connectivity index (χ0) is 14.7. The summed E-state index contributed by atoms with van der Waals surface area (Å²) in [5, 5.41) is 9.09. The van der Waals surface area contributed by atoms with Crippen molar-refractivity contribution in [1.29, 1.82) is 0 Å². The Kier molecular flexibility index (Phi) is 4.83. The van der Waals surface area contributed by atoms with Crippen molar-refractivity contribution in [3.8, 4) is 0 Å². The lowest BCUT2D eigenvalue weighted by Crippen LogP contribution is -1.99. The highest BCUT2D eigenvalue weighted by Gasteiger charge is 2.08. The van der Waals surface area contributed by atoms with E-state index in [0.717, 1.165) is 16.0 Å².